The van der Waals surface area contributed by atoms with Gasteiger partial charge in [-0.2, -0.15) is 0 Å². The molecule has 0 saturated carbocycles. The molecule has 6 nitrogen and oxygen atoms in total. The Labute approximate surface area is 148 Å². The Bertz CT molecular complexity index is 651. The van der Waals surface area contributed by atoms with E-state index in [9.17, 15) is 19.8 Å². The Morgan fingerprint density at radius 2 is 2.00 bits per heavy atom. The van der Waals surface area contributed by atoms with Gasteiger partial charge in [-0.05, 0) is 49.8 Å². The summed E-state index contributed by atoms with van der Waals surface area (Å²) in [4.78, 5) is 28.3. The molecular formula is C19H26N2O4. The van der Waals surface area contributed by atoms with Gasteiger partial charge in [0.15, 0.2) is 0 Å². The van der Waals surface area contributed by atoms with Gasteiger partial charge in [0.2, 0.25) is 5.91 Å². The molecule has 136 valence electrons. The summed E-state index contributed by atoms with van der Waals surface area (Å²) in [7, 11) is 0. The predicted octanol–water partition coefficient (Wildman–Crippen LogP) is 1.62. The Balaban J connectivity index is 1.63. The van der Waals surface area contributed by atoms with E-state index in [-0.39, 0.29) is 23.0 Å². The summed E-state index contributed by atoms with van der Waals surface area (Å²) in [6.07, 6.45) is 2.58. The van der Waals surface area contributed by atoms with Gasteiger partial charge >= 0.3 is 0 Å². The first kappa shape index (κ1) is 17.7. The third kappa shape index (κ3) is 3.95. The molecule has 6 heteroatoms. The SMILES string of the molecule is C[C@H](O)CN1CC2(CCC1=O)CCN(C(=O)c1cccc(O)c1)CC2. The molecule has 2 heterocycles. The van der Waals surface area contributed by atoms with Crippen LogP contribution in [-0.2, 0) is 4.79 Å². The van der Waals surface area contributed by atoms with E-state index in [1.165, 1.54) is 6.07 Å². The van der Waals surface area contributed by atoms with Crippen molar-refractivity contribution in [2.45, 2.75) is 38.7 Å². The quantitative estimate of drug-likeness (QED) is 0.871. The van der Waals surface area contributed by atoms with Crippen LogP contribution in [0.5, 0.6) is 5.75 Å². The van der Waals surface area contributed by atoms with Crippen molar-refractivity contribution in [1.29, 1.82) is 0 Å². The molecule has 2 fully saturated rings. The van der Waals surface area contributed by atoms with Crippen LogP contribution in [0.2, 0.25) is 0 Å². The molecule has 2 aliphatic rings. The first-order valence-corrected chi connectivity index (χ1v) is 8.93. The van der Waals surface area contributed by atoms with Crippen LogP contribution in [0.1, 0.15) is 43.0 Å². The van der Waals surface area contributed by atoms with E-state index in [0.717, 1.165) is 19.3 Å². The van der Waals surface area contributed by atoms with Gasteiger partial charge in [0.1, 0.15) is 5.75 Å². The van der Waals surface area contributed by atoms with Gasteiger partial charge in [-0.1, -0.05) is 6.07 Å². The fourth-order valence-electron chi connectivity index (χ4n) is 4.00. The zero-order valence-corrected chi connectivity index (χ0v) is 14.6. The molecule has 1 aromatic carbocycles. The second-order valence-corrected chi connectivity index (χ2v) is 7.47. The number of hydrogen-bond acceptors (Lipinski definition) is 4. The molecule has 25 heavy (non-hydrogen) atoms. The van der Waals surface area contributed by atoms with Crippen LogP contribution in [0.15, 0.2) is 24.3 Å². The lowest BCUT2D eigenvalue weighted by molar-refractivity contribution is -0.140. The van der Waals surface area contributed by atoms with Gasteiger partial charge < -0.3 is 20.0 Å². The largest absolute Gasteiger partial charge is 0.508 e. The molecule has 0 bridgehead atoms. The van der Waals surface area contributed by atoms with E-state index in [1.54, 1.807) is 30.0 Å². The number of likely N-dealkylation sites (tertiary alicyclic amines) is 2. The van der Waals surface area contributed by atoms with Crippen molar-refractivity contribution >= 4 is 11.8 Å². The maximum Gasteiger partial charge on any atom is 0.253 e. The Morgan fingerprint density at radius 1 is 1.28 bits per heavy atom. The number of carbonyl (C=O) groups excluding carboxylic acids is 2. The molecule has 2 saturated heterocycles. The van der Waals surface area contributed by atoms with Crippen LogP contribution in [0.25, 0.3) is 0 Å². The molecule has 2 amide bonds. The number of phenols is 1. The summed E-state index contributed by atoms with van der Waals surface area (Å²) in [5.41, 5.74) is 0.559. The number of amides is 2. The van der Waals surface area contributed by atoms with Crippen LogP contribution < -0.4 is 0 Å². The smallest absolute Gasteiger partial charge is 0.253 e. The van der Waals surface area contributed by atoms with E-state index >= 15 is 0 Å². The lowest BCUT2D eigenvalue weighted by Crippen LogP contribution is -2.53. The Morgan fingerprint density at radius 3 is 2.64 bits per heavy atom. The van der Waals surface area contributed by atoms with E-state index in [4.69, 9.17) is 0 Å². The number of aliphatic hydroxyl groups excluding tert-OH is 1. The van der Waals surface area contributed by atoms with Gasteiger partial charge in [-0.15, -0.1) is 0 Å². The van der Waals surface area contributed by atoms with Crippen LogP contribution in [0, 0.1) is 5.41 Å². The summed E-state index contributed by atoms with van der Waals surface area (Å²) in [5, 5.41) is 19.2. The van der Waals surface area contributed by atoms with Crippen LogP contribution in [0.3, 0.4) is 0 Å². The fraction of sp³-hybridized carbons (Fsp3) is 0.579. The van der Waals surface area contributed by atoms with Crippen molar-refractivity contribution in [3.05, 3.63) is 29.8 Å². The van der Waals surface area contributed by atoms with Crippen molar-refractivity contribution in [1.82, 2.24) is 9.80 Å². The number of aliphatic hydroxyl groups is 1. The minimum Gasteiger partial charge on any atom is -0.508 e. The number of nitrogens with zero attached hydrogens (tertiary/aromatic N) is 2. The van der Waals surface area contributed by atoms with E-state index in [0.29, 0.717) is 38.2 Å². The third-order valence-corrected chi connectivity index (χ3v) is 5.44. The standard InChI is InChI=1S/C19H26N2O4/c1-14(22)12-21-13-19(6-5-17(21)24)7-9-20(10-8-19)18(25)15-3-2-4-16(23)11-15/h2-4,11,14,22-23H,5-10,12-13H2,1H3/t14-/m0/s1. The Hall–Kier alpha value is -2.08. The summed E-state index contributed by atoms with van der Waals surface area (Å²) >= 11 is 0. The lowest BCUT2D eigenvalue weighted by Gasteiger charge is -2.47. The van der Waals surface area contributed by atoms with Crippen molar-refractivity contribution in [3.8, 4) is 5.75 Å². The van der Waals surface area contributed by atoms with Crippen molar-refractivity contribution < 1.29 is 19.8 Å². The van der Waals surface area contributed by atoms with Gasteiger partial charge in [0, 0.05) is 38.2 Å². The molecular weight excluding hydrogens is 320 g/mol. The molecule has 1 atom stereocenters. The normalized spacial score (nSPS) is 21.4. The topological polar surface area (TPSA) is 81.1 Å². The van der Waals surface area contributed by atoms with E-state index in [1.807, 2.05) is 4.90 Å². The highest BCUT2D eigenvalue weighted by molar-refractivity contribution is 5.94. The summed E-state index contributed by atoms with van der Waals surface area (Å²) in [6, 6.07) is 6.44. The molecule has 1 spiro atoms. The fourth-order valence-corrected chi connectivity index (χ4v) is 4.00. The lowest BCUT2D eigenvalue weighted by atomic mass is 9.72. The maximum atomic E-state index is 12.6. The second-order valence-electron chi connectivity index (χ2n) is 7.47. The number of rotatable bonds is 3. The predicted molar refractivity (Wildman–Crippen MR) is 93.2 cm³/mol. The highest BCUT2D eigenvalue weighted by atomic mass is 16.3. The van der Waals surface area contributed by atoms with Crippen LogP contribution in [-0.4, -0.2) is 64.1 Å². The zero-order chi connectivity index (χ0) is 18.0. The average molecular weight is 346 g/mol. The van der Waals surface area contributed by atoms with Crippen LogP contribution >= 0.6 is 0 Å². The molecule has 0 aliphatic carbocycles. The van der Waals surface area contributed by atoms with Crippen molar-refractivity contribution in [3.63, 3.8) is 0 Å². The van der Waals surface area contributed by atoms with Gasteiger partial charge in [-0.25, -0.2) is 0 Å². The summed E-state index contributed by atoms with van der Waals surface area (Å²) < 4.78 is 0. The molecule has 2 aliphatic heterocycles. The van der Waals surface area contributed by atoms with Crippen molar-refractivity contribution in [2.75, 3.05) is 26.2 Å². The Kier molecular flexibility index (Phi) is 4.99. The summed E-state index contributed by atoms with van der Waals surface area (Å²) in [6.45, 7) is 4.07. The highest BCUT2D eigenvalue weighted by Gasteiger charge is 2.41. The molecule has 2 N–H and O–H groups in total. The molecule has 0 radical (unpaired) electrons. The number of phenolic OH excluding ortho intramolecular Hbond substituents is 1. The molecule has 0 aromatic heterocycles. The first-order valence-electron chi connectivity index (χ1n) is 8.93. The summed E-state index contributed by atoms with van der Waals surface area (Å²) in [5.74, 6) is 0.155. The first-order chi connectivity index (χ1) is 11.9. The number of piperidine rings is 2. The maximum absolute atomic E-state index is 12.6. The minimum absolute atomic E-state index is 0.0540. The van der Waals surface area contributed by atoms with E-state index < -0.39 is 6.10 Å². The van der Waals surface area contributed by atoms with Gasteiger partial charge in [0.25, 0.3) is 5.91 Å². The number of aromatic hydroxyl groups is 1. The van der Waals surface area contributed by atoms with Crippen LogP contribution in [0.4, 0.5) is 0 Å². The number of benzene rings is 1. The number of carbonyl (C=O) groups is 2. The molecule has 3 rings (SSSR count). The molecule has 0 unspecified atom stereocenters. The number of hydrogen-bond donors (Lipinski definition) is 2. The number of β-amino-alcohol motifs (C(OH)–C–C–N with tert-alkyl or cyclic N) is 1. The van der Waals surface area contributed by atoms with Gasteiger partial charge in [-0.3, -0.25) is 9.59 Å². The molecule has 1 aromatic rings. The minimum atomic E-state index is -0.522. The van der Waals surface area contributed by atoms with Crippen molar-refractivity contribution in [2.24, 2.45) is 5.41 Å². The van der Waals surface area contributed by atoms with Gasteiger partial charge in [0.05, 0.1) is 6.10 Å². The monoisotopic (exact) mass is 346 g/mol. The van der Waals surface area contributed by atoms with E-state index in [2.05, 4.69) is 0 Å². The second kappa shape index (κ2) is 7.04. The third-order valence-electron chi connectivity index (χ3n) is 5.44. The average Bonchev–Trinajstić information content (AvgIpc) is 2.58. The highest BCUT2D eigenvalue weighted by Crippen LogP contribution is 2.40. The zero-order valence-electron chi connectivity index (χ0n) is 14.6.